The van der Waals surface area contributed by atoms with Crippen LogP contribution in [0.1, 0.15) is 101 Å². The largest absolute Gasteiger partial charge is 0.504 e. The minimum absolute atomic E-state index is 0.00455. The zero-order valence-corrected chi connectivity index (χ0v) is 29.6. The Morgan fingerprint density at radius 3 is 2.58 bits per heavy atom. The van der Waals surface area contributed by atoms with Crippen molar-refractivity contribution in [2.24, 2.45) is 29.4 Å². The molecular formula is C42H57N3O5. The number of H-pyrrole nitrogens is 1. The number of phenolic OH excluding ortho intramolecular Hbond substituents is 1. The van der Waals surface area contributed by atoms with E-state index in [2.05, 4.69) is 59.4 Å². The molecule has 1 aromatic heterocycles. The number of aromatic amines is 1. The van der Waals surface area contributed by atoms with E-state index in [1.165, 1.54) is 12.1 Å². The fourth-order valence-electron chi connectivity index (χ4n) is 9.12. The number of nitrogens with one attached hydrogen (secondary N) is 2. The first kappa shape index (κ1) is 36.2. The molecule has 1 aromatic carbocycles. The number of rotatable bonds is 10. The summed E-state index contributed by atoms with van der Waals surface area (Å²) in [6.45, 7) is 2.60. The Labute approximate surface area is 297 Å². The quantitative estimate of drug-likeness (QED) is 0.115. The fraction of sp³-hybridized carbons (Fsp3) is 0.571. The van der Waals surface area contributed by atoms with Gasteiger partial charge < -0.3 is 41.2 Å². The molecule has 4 aliphatic rings. The highest BCUT2D eigenvalue weighted by molar-refractivity contribution is 5.45. The molecule has 8 N–H and O–H groups in total. The van der Waals surface area contributed by atoms with Gasteiger partial charge in [0, 0.05) is 47.5 Å². The van der Waals surface area contributed by atoms with Gasteiger partial charge in [-0.2, -0.15) is 0 Å². The number of aromatic hydroxyl groups is 1. The van der Waals surface area contributed by atoms with Gasteiger partial charge in [-0.3, -0.25) is 0 Å². The number of fused-ring (bicyclic) bond motifs is 1. The molecule has 2 aromatic rings. The van der Waals surface area contributed by atoms with Crippen LogP contribution in [0.2, 0.25) is 0 Å². The van der Waals surface area contributed by atoms with Gasteiger partial charge >= 0.3 is 0 Å². The van der Waals surface area contributed by atoms with Crippen molar-refractivity contribution in [1.29, 1.82) is 0 Å². The molecule has 0 spiro atoms. The van der Waals surface area contributed by atoms with Gasteiger partial charge in [0.05, 0.1) is 24.6 Å². The lowest BCUT2D eigenvalue weighted by molar-refractivity contribution is -0.00706. The third-order valence-electron chi connectivity index (χ3n) is 11.9. The van der Waals surface area contributed by atoms with Crippen LogP contribution in [0.3, 0.4) is 0 Å². The minimum atomic E-state index is -0.744. The van der Waals surface area contributed by atoms with E-state index < -0.39 is 18.3 Å². The molecule has 0 unspecified atom stereocenters. The summed E-state index contributed by atoms with van der Waals surface area (Å²) in [5.74, 6) is 7.45. The van der Waals surface area contributed by atoms with E-state index in [0.29, 0.717) is 43.3 Å². The van der Waals surface area contributed by atoms with Crippen molar-refractivity contribution < 1.29 is 25.2 Å². The molecule has 8 atom stereocenters. The van der Waals surface area contributed by atoms with Crippen LogP contribution in [-0.4, -0.2) is 56.9 Å². The molecule has 0 amide bonds. The lowest BCUT2D eigenvalue weighted by atomic mass is 9.60. The van der Waals surface area contributed by atoms with E-state index >= 15 is 0 Å². The average molecular weight is 684 g/mol. The number of aromatic nitrogens is 1. The lowest BCUT2D eigenvalue weighted by Crippen LogP contribution is -2.42. The standard InChI is InChI=1S/C42H57N3O5/c1-2-28-9-4-5-10-36(48)41-29(13-12-28)14-15-30(23-37(41)49)31-16-17-35(47)38(24-31)50-33(27-46)26-34(32-18-22-45-40(43)25-32)42(19-6-3-7-20-42)39-11-8-21-44-39/h8,11,14-18,21,24-25,28-30,33-34,36-37,41,44-49H,2-7,9-10,19-20,22-23,26-27,43H2,1H3/t28-,29+,30+,33-,34+,36-,37+,41+/m0/s1. The molecule has 1 aliphatic heterocycles. The summed E-state index contributed by atoms with van der Waals surface area (Å²) in [6, 6.07) is 9.59. The Balaban J connectivity index is 1.27. The van der Waals surface area contributed by atoms with Crippen LogP contribution in [0.25, 0.3) is 0 Å². The summed E-state index contributed by atoms with van der Waals surface area (Å²) in [6.07, 6.45) is 19.5. The Bertz CT molecular complexity index is 1560. The maximum absolute atomic E-state index is 11.6. The van der Waals surface area contributed by atoms with E-state index in [0.717, 1.165) is 62.5 Å². The molecule has 1 saturated carbocycles. The number of aliphatic hydroxyl groups is 3. The topological polar surface area (TPSA) is 144 Å². The molecule has 0 saturated heterocycles. The van der Waals surface area contributed by atoms with Crippen molar-refractivity contribution in [2.45, 2.75) is 114 Å². The Hall–Kier alpha value is -3.64. The zero-order valence-electron chi connectivity index (χ0n) is 29.6. The van der Waals surface area contributed by atoms with Crippen LogP contribution in [-0.2, 0) is 5.41 Å². The summed E-state index contributed by atoms with van der Waals surface area (Å²) < 4.78 is 6.53. The first-order valence-corrected chi connectivity index (χ1v) is 19.0. The van der Waals surface area contributed by atoms with Gasteiger partial charge in [0.15, 0.2) is 11.5 Å². The highest BCUT2D eigenvalue weighted by Gasteiger charge is 2.45. The van der Waals surface area contributed by atoms with Crippen LogP contribution >= 0.6 is 0 Å². The van der Waals surface area contributed by atoms with E-state index in [4.69, 9.17) is 10.5 Å². The second kappa shape index (κ2) is 16.6. The monoisotopic (exact) mass is 683 g/mol. The molecule has 8 heteroatoms. The zero-order chi connectivity index (χ0) is 35.1. The summed E-state index contributed by atoms with van der Waals surface area (Å²) in [7, 11) is 0. The van der Waals surface area contributed by atoms with Crippen LogP contribution < -0.4 is 15.8 Å². The van der Waals surface area contributed by atoms with E-state index in [1.54, 1.807) is 6.07 Å². The van der Waals surface area contributed by atoms with Gasteiger partial charge in [-0.25, -0.2) is 0 Å². The van der Waals surface area contributed by atoms with Crippen molar-refractivity contribution >= 4 is 0 Å². The number of ether oxygens (including phenoxy) is 1. The van der Waals surface area contributed by atoms with Gasteiger partial charge in [0.2, 0.25) is 0 Å². The van der Waals surface area contributed by atoms with Gasteiger partial charge in [-0.1, -0.05) is 75.2 Å². The Morgan fingerprint density at radius 2 is 1.84 bits per heavy atom. The number of phenols is 1. The maximum Gasteiger partial charge on any atom is 0.161 e. The molecule has 6 rings (SSSR count). The summed E-state index contributed by atoms with van der Waals surface area (Å²) in [4.78, 5) is 3.53. The SMILES string of the molecule is CC[C@@H]1C#C[C@@H]2C=C[C@@H](c3ccc(O)c(O[C@H](CO)C[C@H](C4=CCNC(N)=C4)C4(c5ccc[nH]5)CCCCC4)c3)C[C@@H](O)[C@H]2[C@@H](O)CCCC1. The van der Waals surface area contributed by atoms with Gasteiger partial charge in [0.1, 0.15) is 6.10 Å². The number of aliphatic hydroxyl groups excluding tert-OH is 3. The molecule has 1 fully saturated rings. The smallest absolute Gasteiger partial charge is 0.161 e. The van der Waals surface area contributed by atoms with E-state index in [1.807, 2.05) is 24.4 Å². The summed E-state index contributed by atoms with van der Waals surface area (Å²) in [5.41, 5.74) is 9.37. The van der Waals surface area contributed by atoms with Crippen molar-refractivity contribution in [3.63, 3.8) is 0 Å². The molecule has 3 aliphatic carbocycles. The normalized spacial score (nSPS) is 29.4. The third kappa shape index (κ3) is 8.12. The van der Waals surface area contributed by atoms with Crippen molar-refractivity contribution in [2.75, 3.05) is 13.2 Å². The maximum atomic E-state index is 11.6. The van der Waals surface area contributed by atoms with Gasteiger partial charge in [-0.15, -0.1) is 0 Å². The number of nitrogens with two attached hydrogens (primary N) is 1. The van der Waals surface area contributed by atoms with Crippen LogP contribution in [0.5, 0.6) is 11.5 Å². The lowest BCUT2D eigenvalue weighted by Gasteiger charge is -2.45. The molecule has 50 heavy (non-hydrogen) atoms. The fourth-order valence-corrected chi connectivity index (χ4v) is 9.12. The van der Waals surface area contributed by atoms with Crippen LogP contribution in [0, 0.1) is 35.5 Å². The van der Waals surface area contributed by atoms with E-state index in [9.17, 15) is 20.4 Å². The van der Waals surface area contributed by atoms with Crippen LogP contribution in [0.4, 0.5) is 0 Å². The number of benzene rings is 1. The molecule has 0 bridgehead atoms. The number of dihydropyridines is 1. The highest BCUT2D eigenvalue weighted by atomic mass is 16.5. The molecular weight excluding hydrogens is 626 g/mol. The minimum Gasteiger partial charge on any atom is -0.504 e. The van der Waals surface area contributed by atoms with Crippen molar-refractivity contribution in [1.82, 2.24) is 10.3 Å². The first-order valence-electron chi connectivity index (χ1n) is 19.0. The van der Waals surface area contributed by atoms with Gasteiger partial charge in [0.25, 0.3) is 0 Å². The van der Waals surface area contributed by atoms with E-state index in [-0.39, 0.29) is 41.4 Å². The van der Waals surface area contributed by atoms with Gasteiger partial charge in [-0.05, 0) is 92.3 Å². The first-order chi connectivity index (χ1) is 24.3. The molecule has 8 nitrogen and oxygen atoms in total. The Morgan fingerprint density at radius 1 is 1.02 bits per heavy atom. The van der Waals surface area contributed by atoms with Crippen molar-refractivity contribution in [3.8, 4) is 23.3 Å². The van der Waals surface area contributed by atoms with Crippen molar-refractivity contribution in [3.05, 3.63) is 83.5 Å². The summed E-state index contributed by atoms with van der Waals surface area (Å²) in [5, 5.41) is 47.8. The predicted octanol–water partition coefficient (Wildman–Crippen LogP) is 6.30. The molecule has 2 heterocycles. The molecule has 0 radical (unpaired) electrons. The number of hydrogen-bond donors (Lipinski definition) is 7. The number of allylic oxidation sites excluding steroid dienone is 4. The average Bonchev–Trinajstić information content (AvgIpc) is 3.62. The van der Waals surface area contributed by atoms with Crippen LogP contribution in [0.15, 0.2) is 72.2 Å². The molecule has 270 valence electrons. The predicted molar refractivity (Wildman–Crippen MR) is 197 cm³/mol. The number of hydrogen-bond acceptors (Lipinski definition) is 7. The second-order valence-corrected chi connectivity index (χ2v) is 15.1. The summed E-state index contributed by atoms with van der Waals surface area (Å²) >= 11 is 0. The Kier molecular flexibility index (Phi) is 12.0. The highest BCUT2D eigenvalue weighted by Crippen LogP contribution is 2.50. The second-order valence-electron chi connectivity index (χ2n) is 15.1. The third-order valence-corrected chi connectivity index (χ3v) is 11.9.